The van der Waals surface area contributed by atoms with Crippen LogP contribution in [0.3, 0.4) is 0 Å². The molecule has 0 aliphatic carbocycles. The van der Waals surface area contributed by atoms with Gasteiger partial charge in [0.1, 0.15) is 0 Å². The third-order valence-corrected chi connectivity index (χ3v) is 3.23. The van der Waals surface area contributed by atoms with Crippen molar-refractivity contribution < 1.29 is 9.84 Å². The Balaban J connectivity index is 2.06. The molecule has 0 bridgehead atoms. The summed E-state index contributed by atoms with van der Waals surface area (Å²) in [5.41, 5.74) is 9.20. The molecule has 0 spiro atoms. The van der Waals surface area contributed by atoms with E-state index in [4.69, 9.17) is 15.6 Å². The second kappa shape index (κ2) is 7.80. The summed E-state index contributed by atoms with van der Waals surface area (Å²) in [7, 11) is 0. The molecule has 0 amide bonds. The van der Waals surface area contributed by atoms with Crippen molar-refractivity contribution in [2.45, 2.75) is 12.5 Å². The molecule has 0 aliphatic heterocycles. The van der Waals surface area contributed by atoms with Gasteiger partial charge in [0, 0.05) is 19.8 Å². The van der Waals surface area contributed by atoms with Crippen LogP contribution < -0.4 is 5.73 Å². The minimum absolute atomic E-state index is 0.105. The summed E-state index contributed by atoms with van der Waals surface area (Å²) in [5, 5.41) is 8.77. The van der Waals surface area contributed by atoms with Crippen molar-refractivity contribution >= 4 is 0 Å². The lowest BCUT2D eigenvalue weighted by Crippen LogP contribution is -2.16. The van der Waals surface area contributed by atoms with E-state index < -0.39 is 0 Å². The van der Waals surface area contributed by atoms with Gasteiger partial charge in [-0.15, -0.1) is 0 Å². The average Bonchev–Trinajstić information content (AvgIpc) is 2.53. The highest BCUT2D eigenvalue weighted by atomic mass is 16.5. The van der Waals surface area contributed by atoms with Crippen molar-refractivity contribution in [1.29, 1.82) is 0 Å². The highest BCUT2D eigenvalue weighted by Gasteiger charge is 2.09. The molecule has 2 rings (SSSR count). The fraction of sp³-hybridized carbons (Fsp3) is 0.294. The first kappa shape index (κ1) is 14.7. The molecule has 1 atom stereocenters. The quantitative estimate of drug-likeness (QED) is 0.761. The maximum atomic E-state index is 8.77. The Morgan fingerprint density at radius 1 is 0.950 bits per heavy atom. The van der Waals surface area contributed by atoms with E-state index in [-0.39, 0.29) is 12.7 Å². The van der Waals surface area contributed by atoms with Gasteiger partial charge in [-0.2, -0.15) is 0 Å². The van der Waals surface area contributed by atoms with Gasteiger partial charge in [0.05, 0.1) is 6.10 Å². The van der Waals surface area contributed by atoms with Crippen LogP contribution >= 0.6 is 0 Å². The van der Waals surface area contributed by atoms with E-state index >= 15 is 0 Å². The van der Waals surface area contributed by atoms with Gasteiger partial charge >= 0.3 is 0 Å². The first-order valence-corrected chi connectivity index (χ1v) is 6.93. The molecule has 3 nitrogen and oxygen atoms in total. The van der Waals surface area contributed by atoms with Crippen molar-refractivity contribution in [1.82, 2.24) is 0 Å². The Morgan fingerprint density at radius 2 is 1.60 bits per heavy atom. The third kappa shape index (κ3) is 3.90. The van der Waals surface area contributed by atoms with E-state index in [0.717, 1.165) is 5.56 Å². The molecule has 0 radical (unpaired) electrons. The molecular weight excluding hydrogens is 250 g/mol. The largest absolute Gasteiger partial charge is 0.396 e. The molecule has 0 heterocycles. The lowest BCUT2D eigenvalue weighted by atomic mass is 10.0. The second-order valence-electron chi connectivity index (χ2n) is 4.66. The van der Waals surface area contributed by atoms with E-state index in [1.807, 2.05) is 18.2 Å². The van der Waals surface area contributed by atoms with Gasteiger partial charge in [-0.3, -0.25) is 0 Å². The van der Waals surface area contributed by atoms with Crippen LogP contribution in [0.2, 0.25) is 0 Å². The van der Waals surface area contributed by atoms with E-state index in [0.29, 0.717) is 19.6 Å². The highest BCUT2D eigenvalue weighted by molar-refractivity contribution is 5.63. The summed E-state index contributed by atoms with van der Waals surface area (Å²) in [6, 6.07) is 18.5. The molecular formula is C17H21NO2. The van der Waals surface area contributed by atoms with Gasteiger partial charge in [0.25, 0.3) is 0 Å². The second-order valence-corrected chi connectivity index (χ2v) is 4.66. The van der Waals surface area contributed by atoms with Crippen molar-refractivity contribution in [3.8, 4) is 11.1 Å². The Labute approximate surface area is 120 Å². The molecule has 106 valence electrons. The Hall–Kier alpha value is -1.68. The number of ether oxygens (including phenoxy) is 1. The number of hydrogen-bond donors (Lipinski definition) is 2. The Bertz CT molecular complexity index is 496. The van der Waals surface area contributed by atoms with Gasteiger partial charge in [-0.25, -0.2) is 0 Å². The molecule has 0 aliphatic rings. The fourth-order valence-corrected chi connectivity index (χ4v) is 2.11. The first-order valence-electron chi connectivity index (χ1n) is 6.93. The van der Waals surface area contributed by atoms with Gasteiger partial charge < -0.3 is 15.6 Å². The lowest BCUT2D eigenvalue weighted by Gasteiger charge is -2.16. The van der Waals surface area contributed by atoms with E-state index in [1.54, 1.807) is 0 Å². The summed E-state index contributed by atoms with van der Waals surface area (Å²) in [6.45, 7) is 1.11. The van der Waals surface area contributed by atoms with Gasteiger partial charge in [0.2, 0.25) is 0 Å². The smallest absolute Gasteiger partial charge is 0.0947 e. The summed E-state index contributed by atoms with van der Waals surface area (Å²) in [6.07, 6.45) is 0.532. The lowest BCUT2D eigenvalue weighted by molar-refractivity contribution is 0.0489. The van der Waals surface area contributed by atoms with Crippen LogP contribution in [0.4, 0.5) is 0 Å². The van der Waals surface area contributed by atoms with Gasteiger partial charge in [-0.1, -0.05) is 54.6 Å². The van der Waals surface area contributed by atoms with E-state index in [9.17, 15) is 0 Å². The topological polar surface area (TPSA) is 55.5 Å². The predicted molar refractivity (Wildman–Crippen MR) is 81.3 cm³/mol. The standard InChI is InChI=1S/C17H21NO2/c18-13-17(20-12-4-11-19)16-9-7-15(8-10-16)14-5-2-1-3-6-14/h1-3,5-10,17,19H,4,11-13,18H2. The Morgan fingerprint density at radius 3 is 2.20 bits per heavy atom. The first-order chi connectivity index (χ1) is 9.85. The number of benzene rings is 2. The molecule has 3 N–H and O–H groups in total. The van der Waals surface area contributed by atoms with Gasteiger partial charge in [0.15, 0.2) is 0 Å². The summed E-state index contributed by atoms with van der Waals surface area (Å²) in [5.74, 6) is 0. The van der Waals surface area contributed by atoms with Crippen LogP contribution in [0.5, 0.6) is 0 Å². The normalized spacial score (nSPS) is 12.3. The van der Waals surface area contributed by atoms with Crippen molar-refractivity contribution in [3.05, 3.63) is 60.2 Å². The van der Waals surface area contributed by atoms with Crippen LogP contribution in [-0.4, -0.2) is 24.9 Å². The number of aliphatic hydroxyl groups excluding tert-OH is 1. The zero-order valence-corrected chi connectivity index (χ0v) is 11.5. The fourth-order valence-electron chi connectivity index (χ4n) is 2.11. The van der Waals surface area contributed by atoms with Crippen molar-refractivity contribution in [3.63, 3.8) is 0 Å². The monoisotopic (exact) mass is 271 g/mol. The maximum Gasteiger partial charge on any atom is 0.0947 e. The molecule has 0 aromatic heterocycles. The summed E-state index contributed by atoms with van der Waals surface area (Å²) >= 11 is 0. The minimum Gasteiger partial charge on any atom is -0.396 e. The SMILES string of the molecule is NCC(OCCCO)c1ccc(-c2ccccc2)cc1. The molecule has 2 aromatic carbocycles. The van der Waals surface area contributed by atoms with Crippen molar-refractivity contribution in [2.75, 3.05) is 19.8 Å². The average molecular weight is 271 g/mol. The number of hydrogen-bond acceptors (Lipinski definition) is 3. The van der Waals surface area contributed by atoms with Crippen LogP contribution in [0, 0.1) is 0 Å². The molecule has 0 fully saturated rings. The summed E-state index contributed by atoms with van der Waals surface area (Å²) < 4.78 is 5.68. The molecule has 2 aromatic rings. The Kier molecular flexibility index (Phi) is 5.74. The van der Waals surface area contributed by atoms with Gasteiger partial charge in [-0.05, 0) is 23.1 Å². The molecule has 3 heteroatoms. The molecule has 20 heavy (non-hydrogen) atoms. The van der Waals surface area contributed by atoms with E-state index in [1.165, 1.54) is 11.1 Å². The van der Waals surface area contributed by atoms with E-state index in [2.05, 4.69) is 36.4 Å². The van der Waals surface area contributed by atoms with Crippen LogP contribution in [0.1, 0.15) is 18.1 Å². The molecule has 0 saturated carbocycles. The molecule has 0 saturated heterocycles. The summed E-state index contributed by atoms with van der Waals surface area (Å²) in [4.78, 5) is 0. The molecule has 1 unspecified atom stereocenters. The number of rotatable bonds is 7. The van der Waals surface area contributed by atoms with Crippen LogP contribution in [0.25, 0.3) is 11.1 Å². The van der Waals surface area contributed by atoms with Crippen LogP contribution in [-0.2, 0) is 4.74 Å². The number of nitrogens with two attached hydrogens (primary N) is 1. The number of aliphatic hydroxyl groups is 1. The van der Waals surface area contributed by atoms with Crippen LogP contribution in [0.15, 0.2) is 54.6 Å². The van der Waals surface area contributed by atoms with Crippen molar-refractivity contribution in [2.24, 2.45) is 5.73 Å². The highest BCUT2D eigenvalue weighted by Crippen LogP contribution is 2.23. The zero-order chi connectivity index (χ0) is 14.2. The minimum atomic E-state index is -0.105. The maximum absolute atomic E-state index is 8.77. The zero-order valence-electron chi connectivity index (χ0n) is 11.5. The third-order valence-electron chi connectivity index (χ3n) is 3.23. The predicted octanol–water partition coefficient (Wildman–Crippen LogP) is 2.75.